The molecular weight excluding hydrogens is 228 g/mol. The summed E-state index contributed by atoms with van der Waals surface area (Å²) in [4.78, 5) is 10.4. The monoisotopic (exact) mass is 235 g/mol. The molecule has 0 aliphatic carbocycles. The topological polar surface area (TPSA) is 63.3 Å². The summed E-state index contributed by atoms with van der Waals surface area (Å²) in [5.41, 5.74) is 4.37. The van der Waals surface area contributed by atoms with Crippen LogP contribution in [0.15, 0.2) is 24.3 Å². The molecule has 3 nitrogen and oxygen atoms in total. The van der Waals surface area contributed by atoms with Crippen LogP contribution >= 0.6 is 11.6 Å². The lowest BCUT2D eigenvalue weighted by molar-refractivity contribution is -0.149. The summed E-state index contributed by atoms with van der Waals surface area (Å²) >= 11 is 5.51. The van der Waals surface area contributed by atoms with Crippen molar-refractivity contribution < 1.29 is 18.7 Å². The summed E-state index contributed by atoms with van der Waals surface area (Å²) in [6.45, 7) is 0. The number of hydrogen-bond donors (Lipinski definition) is 2. The highest BCUT2D eigenvalue weighted by molar-refractivity contribution is 6.30. The van der Waals surface area contributed by atoms with Crippen molar-refractivity contribution >= 4 is 17.6 Å². The highest BCUT2D eigenvalue weighted by atomic mass is 35.5. The zero-order chi connectivity index (χ0) is 11.6. The van der Waals surface area contributed by atoms with Crippen LogP contribution in [0.2, 0.25) is 5.02 Å². The van der Waals surface area contributed by atoms with Gasteiger partial charge in [0.1, 0.15) is 0 Å². The zero-order valence-corrected chi connectivity index (χ0v) is 8.21. The highest BCUT2D eigenvalue weighted by Gasteiger charge is 2.43. The second-order valence-corrected chi connectivity index (χ2v) is 3.39. The third-order valence-corrected chi connectivity index (χ3v) is 2.10. The number of carboxylic acids is 1. The fourth-order valence-electron chi connectivity index (χ4n) is 1.03. The molecule has 0 amide bonds. The quantitative estimate of drug-likeness (QED) is 0.840. The Morgan fingerprint density at radius 1 is 1.53 bits per heavy atom. The Labute approximate surface area is 89.5 Å². The van der Waals surface area contributed by atoms with Crippen molar-refractivity contribution in [2.75, 3.05) is 0 Å². The van der Waals surface area contributed by atoms with E-state index in [4.69, 9.17) is 22.4 Å². The van der Waals surface area contributed by atoms with Crippen LogP contribution in [-0.2, 0) is 10.7 Å². The second-order valence-electron chi connectivity index (χ2n) is 2.95. The molecule has 0 heterocycles. The van der Waals surface area contributed by atoms with E-state index in [0.29, 0.717) is 0 Å². The van der Waals surface area contributed by atoms with Gasteiger partial charge in [0, 0.05) is 10.6 Å². The van der Waals surface area contributed by atoms with E-state index < -0.39 is 23.5 Å². The minimum Gasteiger partial charge on any atom is -0.480 e. The summed E-state index contributed by atoms with van der Waals surface area (Å²) in [5, 5.41) is 8.51. The minimum absolute atomic E-state index is 0.102. The highest BCUT2D eigenvalue weighted by Crippen LogP contribution is 2.32. The molecule has 0 fully saturated rings. The first-order chi connectivity index (χ1) is 6.85. The van der Waals surface area contributed by atoms with Gasteiger partial charge in [-0.15, -0.1) is 0 Å². The molecule has 82 valence electrons. The smallest absolute Gasteiger partial charge is 0.327 e. The maximum atomic E-state index is 13.4. The average Bonchev–Trinajstić information content (AvgIpc) is 2.16. The summed E-state index contributed by atoms with van der Waals surface area (Å²) in [7, 11) is 0. The molecule has 0 radical (unpaired) electrons. The Bertz CT molecular complexity index is 384. The fraction of sp³-hybridized carbons (Fsp3) is 0.222. The Hall–Kier alpha value is -1.20. The minimum atomic E-state index is -3.64. The van der Waals surface area contributed by atoms with Crippen LogP contribution in [0.25, 0.3) is 0 Å². The van der Waals surface area contributed by atoms with Crippen molar-refractivity contribution in [1.29, 1.82) is 0 Å². The summed E-state index contributed by atoms with van der Waals surface area (Å²) < 4.78 is 26.8. The molecule has 0 aromatic heterocycles. The number of carbonyl (C=O) groups is 1. The first-order valence-corrected chi connectivity index (χ1v) is 4.35. The maximum Gasteiger partial charge on any atom is 0.327 e. The molecule has 6 heteroatoms. The molecule has 0 spiro atoms. The molecule has 1 unspecified atom stereocenters. The summed E-state index contributed by atoms with van der Waals surface area (Å²) in [5.74, 6) is -5.41. The number of rotatable bonds is 3. The van der Waals surface area contributed by atoms with Crippen molar-refractivity contribution in [2.24, 2.45) is 5.73 Å². The molecule has 0 bridgehead atoms. The van der Waals surface area contributed by atoms with Crippen molar-refractivity contribution in [1.82, 2.24) is 0 Å². The van der Waals surface area contributed by atoms with Gasteiger partial charge in [-0.2, -0.15) is 8.78 Å². The van der Waals surface area contributed by atoms with Crippen LogP contribution in [-0.4, -0.2) is 17.1 Å². The van der Waals surface area contributed by atoms with Crippen molar-refractivity contribution in [3.05, 3.63) is 34.9 Å². The van der Waals surface area contributed by atoms with Gasteiger partial charge in [0.15, 0.2) is 6.04 Å². The molecule has 0 saturated carbocycles. The van der Waals surface area contributed by atoms with Crippen LogP contribution in [0.5, 0.6) is 0 Å². The van der Waals surface area contributed by atoms with Gasteiger partial charge in [-0.25, -0.2) is 0 Å². The lowest BCUT2D eigenvalue weighted by atomic mass is 10.0. The average molecular weight is 236 g/mol. The first-order valence-electron chi connectivity index (χ1n) is 3.98. The molecule has 15 heavy (non-hydrogen) atoms. The zero-order valence-electron chi connectivity index (χ0n) is 7.45. The SMILES string of the molecule is NC(C(=O)O)C(F)(F)c1cccc(Cl)c1. The number of benzene rings is 1. The predicted octanol–water partition coefficient (Wildman–Crippen LogP) is 1.84. The Morgan fingerprint density at radius 2 is 2.13 bits per heavy atom. The van der Waals surface area contributed by atoms with Crippen molar-refractivity contribution in [3.8, 4) is 0 Å². The molecule has 0 aliphatic heterocycles. The van der Waals surface area contributed by atoms with E-state index in [-0.39, 0.29) is 5.02 Å². The van der Waals surface area contributed by atoms with E-state index in [1.165, 1.54) is 12.1 Å². The number of halogens is 3. The summed E-state index contributed by atoms with van der Waals surface area (Å²) in [6, 6.07) is 2.50. The largest absolute Gasteiger partial charge is 0.480 e. The Morgan fingerprint density at radius 3 is 2.60 bits per heavy atom. The fourth-order valence-corrected chi connectivity index (χ4v) is 1.22. The maximum absolute atomic E-state index is 13.4. The molecule has 1 atom stereocenters. The van der Waals surface area contributed by atoms with Crippen LogP contribution < -0.4 is 5.73 Å². The van der Waals surface area contributed by atoms with Gasteiger partial charge in [0.25, 0.3) is 5.92 Å². The third kappa shape index (κ3) is 2.43. The van der Waals surface area contributed by atoms with E-state index in [0.717, 1.165) is 12.1 Å². The van der Waals surface area contributed by atoms with Crippen molar-refractivity contribution in [3.63, 3.8) is 0 Å². The van der Waals surface area contributed by atoms with E-state index in [1.54, 1.807) is 0 Å². The lowest BCUT2D eigenvalue weighted by Crippen LogP contribution is -2.45. The van der Waals surface area contributed by atoms with Gasteiger partial charge in [0.2, 0.25) is 0 Å². The number of alkyl halides is 2. The molecule has 0 saturated heterocycles. The van der Waals surface area contributed by atoms with Crippen LogP contribution in [0, 0.1) is 0 Å². The normalized spacial score (nSPS) is 13.6. The van der Waals surface area contributed by atoms with E-state index >= 15 is 0 Å². The number of carboxylic acid groups (broad SMARTS) is 1. The molecule has 1 aromatic carbocycles. The number of nitrogens with two attached hydrogens (primary N) is 1. The lowest BCUT2D eigenvalue weighted by Gasteiger charge is -2.20. The molecular formula is C9H8ClF2NO2. The van der Waals surface area contributed by atoms with E-state index in [9.17, 15) is 13.6 Å². The molecule has 1 rings (SSSR count). The van der Waals surface area contributed by atoms with Gasteiger partial charge < -0.3 is 10.8 Å². The summed E-state index contributed by atoms with van der Waals surface area (Å²) in [6.07, 6.45) is 0. The number of hydrogen-bond acceptors (Lipinski definition) is 2. The Kier molecular flexibility index (Phi) is 3.26. The van der Waals surface area contributed by atoms with E-state index in [1.807, 2.05) is 0 Å². The molecule has 3 N–H and O–H groups in total. The first kappa shape index (κ1) is 11.9. The molecule has 1 aromatic rings. The van der Waals surface area contributed by atoms with Crippen LogP contribution in [0.1, 0.15) is 5.56 Å². The Balaban J connectivity index is 3.10. The van der Waals surface area contributed by atoms with Gasteiger partial charge in [0.05, 0.1) is 0 Å². The standard InChI is InChI=1S/C9H8ClF2NO2/c10-6-3-1-2-5(4-6)9(11,12)7(13)8(14)15/h1-4,7H,13H2,(H,14,15). The van der Waals surface area contributed by atoms with Crippen LogP contribution in [0.4, 0.5) is 8.78 Å². The van der Waals surface area contributed by atoms with Gasteiger partial charge in [-0.3, -0.25) is 4.79 Å². The van der Waals surface area contributed by atoms with Gasteiger partial charge in [-0.1, -0.05) is 23.7 Å². The van der Waals surface area contributed by atoms with Gasteiger partial charge >= 0.3 is 5.97 Å². The number of aliphatic carboxylic acids is 1. The van der Waals surface area contributed by atoms with Crippen molar-refractivity contribution in [2.45, 2.75) is 12.0 Å². The van der Waals surface area contributed by atoms with Gasteiger partial charge in [-0.05, 0) is 12.1 Å². The predicted molar refractivity (Wildman–Crippen MR) is 51.0 cm³/mol. The van der Waals surface area contributed by atoms with E-state index in [2.05, 4.69) is 0 Å². The second kappa shape index (κ2) is 4.12. The molecule has 0 aliphatic rings. The van der Waals surface area contributed by atoms with Crippen LogP contribution in [0.3, 0.4) is 0 Å². The third-order valence-electron chi connectivity index (χ3n) is 1.87.